The number of hydrogen-bond acceptors (Lipinski definition) is 3. The molecule has 16 heavy (non-hydrogen) atoms. The summed E-state index contributed by atoms with van der Waals surface area (Å²) >= 11 is 0. The molecule has 0 aromatic carbocycles. The Morgan fingerprint density at radius 2 is 2.19 bits per heavy atom. The highest BCUT2D eigenvalue weighted by Gasteiger charge is 2.39. The summed E-state index contributed by atoms with van der Waals surface area (Å²) in [4.78, 5) is 24.5. The fourth-order valence-electron chi connectivity index (χ4n) is 2.21. The van der Waals surface area contributed by atoms with Crippen molar-refractivity contribution in [3.8, 4) is 0 Å². The number of hydrogen-bond donors (Lipinski definition) is 1. The summed E-state index contributed by atoms with van der Waals surface area (Å²) in [6.45, 7) is 4.17. The first kappa shape index (κ1) is 13.0. The summed E-state index contributed by atoms with van der Waals surface area (Å²) in [5, 5.41) is 8.97. The molecule has 1 heterocycles. The summed E-state index contributed by atoms with van der Waals surface area (Å²) in [6.07, 6.45) is 0.689. The van der Waals surface area contributed by atoms with Crippen LogP contribution in [0.15, 0.2) is 0 Å². The van der Waals surface area contributed by atoms with Crippen LogP contribution in [0, 0.1) is 5.92 Å². The molecule has 1 fully saturated rings. The van der Waals surface area contributed by atoms with Crippen LogP contribution in [0.3, 0.4) is 0 Å². The predicted molar refractivity (Wildman–Crippen MR) is 58.0 cm³/mol. The lowest BCUT2D eigenvalue weighted by Crippen LogP contribution is -2.43. The van der Waals surface area contributed by atoms with Crippen LogP contribution in [0.4, 0.5) is 0 Å². The van der Waals surface area contributed by atoms with Crippen molar-refractivity contribution in [1.82, 2.24) is 4.90 Å². The molecule has 3 unspecified atom stereocenters. The molecule has 1 rings (SSSR count). The van der Waals surface area contributed by atoms with Gasteiger partial charge in [-0.25, -0.2) is 0 Å². The van der Waals surface area contributed by atoms with Gasteiger partial charge in [0.25, 0.3) is 5.91 Å². The highest BCUT2D eigenvalue weighted by molar-refractivity contribution is 5.83. The third-order valence-corrected chi connectivity index (χ3v) is 3.29. The van der Waals surface area contributed by atoms with Crippen molar-refractivity contribution in [3.05, 3.63) is 0 Å². The zero-order valence-corrected chi connectivity index (χ0v) is 9.97. The molecule has 0 spiro atoms. The molecule has 1 aliphatic rings. The molecule has 0 saturated carbocycles. The molecule has 0 aliphatic carbocycles. The second kappa shape index (κ2) is 5.30. The Morgan fingerprint density at radius 1 is 1.56 bits per heavy atom. The van der Waals surface area contributed by atoms with Gasteiger partial charge in [-0.05, 0) is 19.8 Å². The SMILES string of the molecule is CCC(OC)C(=O)N1CCC(C(=O)O)C1C. The van der Waals surface area contributed by atoms with E-state index in [-0.39, 0.29) is 11.9 Å². The number of ether oxygens (including phenoxy) is 1. The summed E-state index contributed by atoms with van der Waals surface area (Å²) in [6, 6.07) is -0.241. The predicted octanol–water partition coefficient (Wildman–Crippen LogP) is 0.733. The number of nitrogens with zero attached hydrogens (tertiary/aromatic N) is 1. The Morgan fingerprint density at radius 3 is 2.56 bits per heavy atom. The molecule has 0 aromatic heterocycles. The molecule has 0 bridgehead atoms. The fourth-order valence-corrected chi connectivity index (χ4v) is 2.21. The lowest BCUT2D eigenvalue weighted by atomic mass is 10.0. The van der Waals surface area contributed by atoms with E-state index in [0.29, 0.717) is 19.4 Å². The van der Waals surface area contributed by atoms with Gasteiger partial charge < -0.3 is 14.7 Å². The number of likely N-dealkylation sites (tertiary alicyclic amines) is 1. The van der Waals surface area contributed by atoms with Crippen LogP contribution < -0.4 is 0 Å². The first-order valence-corrected chi connectivity index (χ1v) is 5.59. The molecule has 1 aliphatic heterocycles. The van der Waals surface area contributed by atoms with Gasteiger partial charge in [0.1, 0.15) is 6.10 Å². The van der Waals surface area contributed by atoms with Gasteiger partial charge in [-0.3, -0.25) is 9.59 Å². The summed E-state index contributed by atoms with van der Waals surface area (Å²) in [5.74, 6) is -1.37. The lowest BCUT2D eigenvalue weighted by molar-refractivity contribution is -0.146. The van der Waals surface area contributed by atoms with Crippen molar-refractivity contribution in [2.45, 2.75) is 38.8 Å². The molecule has 3 atom stereocenters. The summed E-state index contributed by atoms with van der Waals surface area (Å²) < 4.78 is 5.08. The van der Waals surface area contributed by atoms with Crippen molar-refractivity contribution in [2.24, 2.45) is 5.92 Å². The number of carboxylic acid groups (broad SMARTS) is 1. The molecule has 1 N–H and O–H groups in total. The van der Waals surface area contributed by atoms with Crippen LogP contribution in [0.25, 0.3) is 0 Å². The minimum atomic E-state index is -0.826. The van der Waals surface area contributed by atoms with E-state index in [9.17, 15) is 9.59 Å². The van der Waals surface area contributed by atoms with Crippen molar-refractivity contribution in [2.75, 3.05) is 13.7 Å². The molecular weight excluding hydrogens is 210 g/mol. The van der Waals surface area contributed by atoms with Gasteiger partial charge in [0, 0.05) is 19.7 Å². The van der Waals surface area contributed by atoms with Crippen molar-refractivity contribution < 1.29 is 19.4 Å². The topological polar surface area (TPSA) is 66.8 Å². The molecule has 0 aromatic rings. The number of carbonyl (C=O) groups is 2. The maximum atomic E-state index is 12.0. The number of rotatable bonds is 4. The average molecular weight is 229 g/mol. The van der Waals surface area contributed by atoms with E-state index in [0.717, 1.165) is 0 Å². The van der Waals surface area contributed by atoms with Gasteiger partial charge in [-0.1, -0.05) is 6.92 Å². The standard InChI is InChI=1S/C11H19NO4/c1-4-9(16-3)10(13)12-6-5-8(7(12)2)11(14)15/h7-9H,4-6H2,1-3H3,(H,14,15). The number of amides is 1. The fraction of sp³-hybridized carbons (Fsp3) is 0.818. The van der Waals surface area contributed by atoms with Crippen LogP contribution in [0.2, 0.25) is 0 Å². The van der Waals surface area contributed by atoms with Gasteiger partial charge in [0.15, 0.2) is 0 Å². The van der Waals surface area contributed by atoms with E-state index in [1.165, 1.54) is 7.11 Å². The van der Waals surface area contributed by atoms with Gasteiger partial charge in [0.2, 0.25) is 0 Å². The maximum absolute atomic E-state index is 12.0. The summed E-state index contributed by atoms with van der Waals surface area (Å²) in [5.41, 5.74) is 0. The summed E-state index contributed by atoms with van der Waals surface area (Å²) in [7, 11) is 1.50. The monoisotopic (exact) mass is 229 g/mol. The van der Waals surface area contributed by atoms with Crippen LogP contribution in [-0.2, 0) is 14.3 Å². The van der Waals surface area contributed by atoms with E-state index in [1.54, 1.807) is 11.8 Å². The number of carbonyl (C=O) groups excluding carboxylic acids is 1. The van der Waals surface area contributed by atoms with Crippen molar-refractivity contribution >= 4 is 11.9 Å². The van der Waals surface area contributed by atoms with Gasteiger partial charge in [-0.2, -0.15) is 0 Å². The van der Waals surface area contributed by atoms with Crippen molar-refractivity contribution in [1.29, 1.82) is 0 Å². The lowest BCUT2D eigenvalue weighted by Gasteiger charge is -2.26. The molecule has 92 valence electrons. The highest BCUT2D eigenvalue weighted by atomic mass is 16.5. The third-order valence-electron chi connectivity index (χ3n) is 3.29. The first-order chi connectivity index (χ1) is 7.52. The van der Waals surface area contributed by atoms with Gasteiger partial charge >= 0.3 is 5.97 Å². The van der Waals surface area contributed by atoms with Crippen LogP contribution in [0.1, 0.15) is 26.7 Å². The number of carboxylic acids is 1. The van der Waals surface area contributed by atoms with Crippen LogP contribution in [0.5, 0.6) is 0 Å². The van der Waals surface area contributed by atoms with E-state index >= 15 is 0 Å². The van der Waals surface area contributed by atoms with Gasteiger partial charge in [-0.15, -0.1) is 0 Å². The van der Waals surface area contributed by atoms with E-state index in [1.807, 2.05) is 6.92 Å². The third kappa shape index (κ3) is 2.35. The Labute approximate surface area is 95.4 Å². The molecule has 1 amide bonds. The Hall–Kier alpha value is -1.10. The highest BCUT2D eigenvalue weighted by Crippen LogP contribution is 2.25. The molecule has 5 heteroatoms. The second-order valence-electron chi connectivity index (χ2n) is 4.14. The molecule has 5 nitrogen and oxygen atoms in total. The maximum Gasteiger partial charge on any atom is 0.308 e. The zero-order valence-electron chi connectivity index (χ0n) is 9.97. The van der Waals surface area contributed by atoms with Crippen LogP contribution in [-0.4, -0.2) is 47.7 Å². The number of methoxy groups -OCH3 is 1. The Balaban J connectivity index is 2.69. The minimum absolute atomic E-state index is 0.0961. The average Bonchev–Trinajstić information content (AvgIpc) is 2.61. The first-order valence-electron chi connectivity index (χ1n) is 5.59. The Bertz CT molecular complexity index is 275. The van der Waals surface area contributed by atoms with Gasteiger partial charge in [0.05, 0.1) is 5.92 Å². The largest absolute Gasteiger partial charge is 0.481 e. The van der Waals surface area contributed by atoms with Crippen LogP contribution >= 0.6 is 0 Å². The number of aliphatic carboxylic acids is 1. The molecule has 0 radical (unpaired) electrons. The second-order valence-corrected chi connectivity index (χ2v) is 4.14. The van der Waals surface area contributed by atoms with E-state index < -0.39 is 18.0 Å². The zero-order chi connectivity index (χ0) is 12.3. The van der Waals surface area contributed by atoms with E-state index in [4.69, 9.17) is 9.84 Å². The quantitative estimate of drug-likeness (QED) is 0.771. The molecular formula is C11H19NO4. The van der Waals surface area contributed by atoms with Crippen molar-refractivity contribution in [3.63, 3.8) is 0 Å². The van der Waals surface area contributed by atoms with E-state index in [2.05, 4.69) is 0 Å². The Kier molecular flexibility index (Phi) is 4.29. The smallest absolute Gasteiger partial charge is 0.308 e. The molecule has 1 saturated heterocycles. The minimum Gasteiger partial charge on any atom is -0.481 e. The normalized spacial score (nSPS) is 26.8.